The van der Waals surface area contributed by atoms with Gasteiger partial charge in [-0.05, 0) is 79.6 Å². The Balaban J connectivity index is 1.50. The second-order valence-corrected chi connectivity index (χ2v) is 9.31. The van der Waals surface area contributed by atoms with Gasteiger partial charge in [0, 0.05) is 22.6 Å². The molecule has 0 amide bonds. The minimum Gasteiger partial charge on any atom is -0.494 e. The third kappa shape index (κ3) is 4.82. The summed E-state index contributed by atoms with van der Waals surface area (Å²) in [6.45, 7) is 5.42. The van der Waals surface area contributed by atoms with Crippen LogP contribution in [0.5, 0.6) is 23.0 Å². The van der Waals surface area contributed by atoms with Gasteiger partial charge in [-0.2, -0.15) is 5.10 Å². The average Bonchev–Trinajstić information content (AvgIpc) is 3.35. The molecule has 7 heteroatoms. The van der Waals surface area contributed by atoms with Gasteiger partial charge in [0.1, 0.15) is 11.5 Å². The van der Waals surface area contributed by atoms with E-state index >= 15 is 0 Å². The topological polar surface area (TPSA) is 52.5 Å². The highest BCUT2D eigenvalue weighted by atomic mass is 35.5. The molecule has 0 radical (unpaired) electrons. The molecule has 2 atom stereocenters. The van der Waals surface area contributed by atoms with Crippen LogP contribution in [0.4, 0.5) is 0 Å². The molecule has 2 aliphatic rings. The van der Waals surface area contributed by atoms with Crippen molar-refractivity contribution in [2.45, 2.75) is 45.4 Å². The van der Waals surface area contributed by atoms with Gasteiger partial charge in [-0.25, -0.2) is 5.01 Å². The zero-order chi connectivity index (χ0) is 25.1. The van der Waals surface area contributed by atoms with Crippen molar-refractivity contribution in [3.63, 3.8) is 0 Å². The Morgan fingerprint density at radius 2 is 1.83 bits per heavy atom. The molecule has 0 aromatic heterocycles. The SMILES string of the molecule is CCCCOc1ccc([C@H]2Oc3ccc(Cl)cc3[C@@H]3CC(c4ccc(OCC)cc4)=NN23)cc1OC. The molecular weight excluding hydrogens is 476 g/mol. The summed E-state index contributed by atoms with van der Waals surface area (Å²) in [5.41, 5.74) is 4.04. The number of fused-ring (bicyclic) bond motifs is 3. The van der Waals surface area contributed by atoms with Crippen LogP contribution in [0.25, 0.3) is 0 Å². The molecule has 0 unspecified atom stereocenters. The minimum atomic E-state index is -0.414. The van der Waals surface area contributed by atoms with Crippen LogP contribution in [-0.2, 0) is 0 Å². The third-order valence-electron chi connectivity index (χ3n) is 6.48. The molecule has 0 saturated carbocycles. The van der Waals surface area contributed by atoms with Gasteiger partial charge in [0.05, 0.1) is 32.1 Å². The monoisotopic (exact) mass is 506 g/mol. The zero-order valence-corrected chi connectivity index (χ0v) is 21.6. The van der Waals surface area contributed by atoms with E-state index in [1.54, 1.807) is 7.11 Å². The fraction of sp³-hybridized carbons (Fsp3) is 0.345. The fourth-order valence-electron chi connectivity index (χ4n) is 4.65. The Labute approximate surface area is 217 Å². The molecule has 0 aliphatic carbocycles. The number of methoxy groups -OCH3 is 1. The molecule has 0 N–H and O–H groups in total. The Kier molecular flexibility index (Phi) is 7.23. The second kappa shape index (κ2) is 10.7. The van der Waals surface area contributed by atoms with Crippen LogP contribution in [0.2, 0.25) is 5.02 Å². The molecule has 2 aliphatic heterocycles. The highest BCUT2D eigenvalue weighted by molar-refractivity contribution is 6.30. The van der Waals surface area contributed by atoms with Gasteiger partial charge in [-0.1, -0.05) is 24.9 Å². The summed E-state index contributed by atoms with van der Waals surface area (Å²) in [4.78, 5) is 0. The first kappa shape index (κ1) is 24.3. The van der Waals surface area contributed by atoms with Crippen LogP contribution in [0, 0.1) is 0 Å². The Morgan fingerprint density at radius 1 is 1.00 bits per heavy atom. The molecule has 6 nitrogen and oxygen atoms in total. The van der Waals surface area contributed by atoms with Crippen molar-refractivity contribution in [2.24, 2.45) is 5.10 Å². The molecular formula is C29H31ClN2O4. The predicted octanol–water partition coefficient (Wildman–Crippen LogP) is 7.17. The van der Waals surface area contributed by atoms with Gasteiger partial charge < -0.3 is 18.9 Å². The summed E-state index contributed by atoms with van der Waals surface area (Å²) in [5.74, 6) is 3.08. The Morgan fingerprint density at radius 3 is 2.58 bits per heavy atom. The molecule has 5 rings (SSSR count). The Bertz CT molecular complexity index is 1240. The molecule has 36 heavy (non-hydrogen) atoms. The molecule has 3 aromatic rings. The third-order valence-corrected chi connectivity index (χ3v) is 6.71. The van der Waals surface area contributed by atoms with Gasteiger partial charge in [0.15, 0.2) is 11.5 Å². The number of rotatable bonds is 9. The van der Waals surface area contributed by atoms with Gasteiger partial charge in [-0.3, -0.25) is 0 Å². The van der Waals surface area contributed by atoms with E-state index in [9.17, 15) is 0 Å². The Hall–Kier alpha value is -3.38. The largest absolute Gasteiger partial charge is 0.494 e. The van der Waals surface area contributed by atoms with Crippen molar-refractivity contribution < 1.29 is 18.9 Å². The molecule has 0 spiro atoms. The molecule has 0 saturated heterocycles. The van der Waals surface area contributed by atoms with E-state index in [-0.39, 0.29) is 6.04 Å². The van der Waals surface area contributed by atoms with Crippen molar-refractivity contribution >= 4 is 17.3 Å². The minimum absolute atomic E-state index is 0.00509. The van der Waals surface area contributed by atoms with Crippen molar-refractivity contribution in [3.05, 3.63) is 82.4 Å². The first-order valence-corrected chi connectivity index (χ1v) is 12.8. The lowest BCUT2D eigenvalue weighted by Crippen LogP contribution is -2.33. The van der Waals surface area contributed by atoms with Gasteiger partial charge in [0.25, 0.3) is 0 Å². The number of hydrogen-bond donors (Lipinski definition) is 0. The van der Waals surface area contributed by atoms with Crippen molar-refractivity contribution in [1.29, 1.82) is 0 Å². The first-order chi connectivity index (χ1) is 17.6. The number of halogens is 1. The van der Waals surface area contributed by atoms with E-state index in [2.05, 4.69) is 19.1 Å². The van der Waals surface area contributed by atoms with Crippen LogP contribution in [0.3, 0.4) is 0 Å². The molecule has 188 valence electrons. The lowest BCUT2D eigenvalue weighted by atomic mass is 9.96. The fourth-order valence-corrected chi connectivity index (χ4v) is 4.83. The van der Waals surface area contributed by atoms with Crippen LogP contribution in [0.15, 0.2) is 65.8 Å². The quantitative estimate of drug-likeness (QED) is 0.288. The molecule has 3 aromatic carbocycles. The van der Waals surface area contributed by atoms with E-state index in [1.807, 2.05) is 60.5 Å². The summed E-state index contributed by atoms with van der Waals surface area (Å²) in [6.07, 6.45) is 2.40. The van der Waals surface area contributed by atoms with E-state index < -0.39 is 6.23 Å². The van der Waals surface area contributed by atoms with E-state index in [4.69, 9.17) is 35.6 Å². The second-order valence-electron chi connectivity index (χ2n) is 8.87. The maximum absolute atomic E-state index is 6.50. The van der Waals surface area contributed by atoms with Crippen LogP contribution < -0.4 is 18.9 Å². The summed E-state index contributed by atoms with van der Waals surface area (Å²) >= 11 is 6.37. The van der Waals surface area contributed by atoms with Crippen molar-refractivity contribution in [2.75, 3.05) is 20.3 Å². The smallest absolute Gasteiger partial charge is 0.214 e. The number of ether oxygens (including phenoxy) is 4. The maximum Gasteiger partial charge on any atom is 0.214 e. The summed E-state index contributed by atoms with van der Waals surface area (Å²) in [5, 5.41) is 7.77. The molecule has 2 heterocycles. The lowest BCUT2D eigenvalue weighted by Gasteiger charge is -2.38. The van der Waals surface area contributed by atoms with Crippen LogP contribution in [-0.4, -0.2) is 31.0 Å². The van der Waals surface area contributed by atoms with E-state index in [0.717, 1.165) is 58.9 Å². The van der Waals surface area contributed by atoms with E-state index in [0.29, 0.717) is 24.0 Å². The average molecular weight is 507 g/mol. The number of hydrazone groups is 1. The standard InChI is InChI=1S/C29H31ClN2O4/c1-4-6-15-35-27-13-9-20(16-28(27)33-3)29-32-25(23-17-21(30)10-14-26(23)36-29)18-24(31-32)19-7-11-22(12-8-19)34-5-2/h7-14,16-17,25,29H,4-6,15,18H2,1-3H3/t25-,29+/m0/s1. The summed E-state index contributed by atoms with van der Waals surface area (Å²) < 4.78 is 23.7. The number of benzene rings is 3. The summed E-state index contributed by atoms with van der Waals surface area (Å²) in [6, 6.07) is 19.8. The maximum atomic E-state index is 6.50. The van der Waals surface area contributed by atoms with Crippen LogP contribution >= 0.6 is 11.6 Å². The molecule has 0 fully saturated rings. The number of hydrogen-bond acceptors (Lipinski definition) is 6. The van der Waals surface area contributed by atoms with Gasteiger partial charge in [-0.15, -0.1) is 0 Å². The van der Waals surface area contributed by atoms with Gasteiger partial charge >= 0.3 is 0 Å². The normalized spacial score (nSPS) is 18.1. The van der Waals surface area contributed by atoms with E-state index in [1.165, 1.54) is 0 Å². The zero-order valence-electron chi connectivity index (χ0n) is 20.9. The van der Waals surface area contributed by atoms with Gasteiger partial charge in [0.2, 0.25) is 6.23 Å². The highest BCUT2D eigenvalue weighted by Gasteiger charge is 2.41. The van der Waals surface area contributed by atoms with Crippen LogP contribution in [0.1, 0.15) is 62.1 Å². The van der Waals surface area contributed by atoms with Crippen molar-refractivity contribution in [1.82, 2.24) is 5.01 Å². The lowest BCUT2D eigenvalue weighted by molar-refractivity contribution is -0.0191. The van der Waals surface area contributed by atoms with Crippen molar-refractivity contribution in [3.8, 4) is 23.0 Å². The summed E-state index contributed by atoms with van der Waals surface area (Å²) in [7, 11) is 1.66. The highest BCUT2D eigenvalue weighted by Crippen LogP contribution is 2.49. The number of unbranched alkanes of at least 4 members (excludes halogenated alkanes) is 1. The predicted molar refractivity (Wildman–Crippen MR) is 142 cm³/mol. The number of nitrogens with zero attached hydrogens (tertiary/aromatic N) is 2. The molecule has 0 bridgehead atoms. The first-order valence-electron chi connectivity index (χ1n) is 12.5.